The molecule has 0 bridgehead atoms. The standard InChI is InChI=1S/C19H18F3NO5/c1-3-26-15-10-6-14(7-11-15)23-17(24)12(2)27-18(25)13-4-8-16(9-5-13)28-19(20,21)22/h4-12H,3H2,1-2H3,(H,23,24)/t12-/m1/s1. The van der Waals surface area contributed by atoms with Gasteiger partial charge in [0.2, 0.25) is 0 Å². The lowest BCUT2D eigenvalue weighted by Gasteiger charge is -2.14. The Kier molecular flexibility index (Phi) is 6.86. The Hall–Kier alpha value is -3.23. The first-order valence-electron chi connectivity index (χ1n) is 8.28. The van der Waals surface area contributed by atoms with Crippen molar-refractivity contribution in [2.75, 3.05) is 11.9 Å². The van der Waals surface area contributed by atoms with E-state index in [9.17, 15) is 22.8 Å². The Labute approximate surface area is 159 Å². The molecule has 28 heavy (non-hydrogen) atoms. The van der Waals surface area contributed by atoms with Crippen molar-refractivity contribution in [2.45, 2.75) is 26.3 Å². The molecule has 9 heteroatoms. The van der Waals surface area contributed by atoms with Gasteiger partial charge in [-0.3, -0.25) is 4.79 Å². The predicted molar refractivity (Wildman–Crippen MR) is 94.2 cm³/mol. The summed E-state index contributed by atoms with van der Waals surface area (Å²) in [5.74, 6) is -1.23. The lowest BCUT2D eigenvalue weighted by atomic mass is 10.2. The Morgan fingerprint density at radius 2 is 1.57 bits per heavy atom. The second kappa shape index (κ2) is 9.12. The summed E-state index contributed by atoms with van der Waals surface area (Å²) in [5.41, 5.74) is 0.472. The molecule has 0 fully saturated rings. The van der Waals surface area contributed by atoms with Crippen molar-refractivity contribution in [1.82, 2.24) is 0 Å². The highest BCUT2D eigenvalue weighted by Crippen LogP contribution is 2.23. The van der Waals surface area contributed by atoms with Gasteiger partial charge in [0.05, 0.1) is 12.2 Å². The molecule has 0 heterocycles. The number of halogens is 3. The van der Waals surface area contributed by atoms with Crippen LogP contribution < -0.4 is 14.8 Å². The first-order chi connectivity index (χ1) is 13.2. The van der Waals surface area contributed by atoms with Gasteiger partial charge < -0.3 is 19.5 Å². The zero-order chi connectivity index (χ0) is 20.7. The third-order valence-corrected chi connectivity index (χ3v) is 3.41. The van der Waals surface area contributed by atoms with E-state index in [1.54, 1.807) is 24.3 Å². The maximum Gasteiger partial charge on any atom is 0.573 e. The van der Waals surface area contributed by atoms with Gasteiger partial charge in [-0.15, -0.1) is 13.2 Å². The number of ether oxygens (including phenoxy) is 3. The molecule has 0 aromatic heterocycles. The summed E-state index contributed by atoms with van der Waals surface area (Å²) in [7, 11) is 0. The van der Waals surface area contributed by atoms with Crippen molar-refractivity contribution in [3.05, 3.63) is 54.1 Å². The van der Waals surface area contributed by atoms with Crippen LogP contribution in [0.4, 0.5) is 18.9 Å². The second-order valence-electron chi connectivity index (χ2n) is 5.57. The van der Waals surface area contributed by atoms with Crippen LogP contribution in [0.5, 0.6) is 11.5 Å². The number of nitrogens with one attached hydrogen (secondary N) is 1. The first-order valence-corrected chi connectivity index (χ1v) is 8.28. The number of rotatable bonds is 7. The SMILES string of the molecule is CCOc1ccc(NC(=O)[C@@H](C)OC(=O)c2ccc(OC(F)(F)F)cc2)cc1. The summed E-state index contributed by atoms with van der Waals surface area (Å²) >= 11 is 0. The Balaban J connectivity index is 1.91. The fraction of sp³-hybridized carbons (Fsp3) is 0.263. The zero-order valence-electron chi connectivity index (χ0n) is 15.1. The monoisotopic (exact) mass is 397 g/mol. The fourth-order valence-electron chi connectivity index (χ4n) is 2.12. The van der Waals surface area contributed by atoms with Gasteiger partial charge in [-0.2, -0.15) is 0 Å². The van der Waals surface area contributed by atoms with E-state index in [4.69, 9.17) is 9.47 Å². The van der Waals surface area contributed by atoms with Gasteiger partial charge in [-0.05, 0) is 62.4 Å². The van der Waals surface area contributed by atoms with E-state index < -0.39 is 30.1 Å². The molecule has 0 saturated carbocycles. The van der Waals surface area contributed by atoms with Crippen LogP contribution >= 0.6 is 0 Å². The van der Waals surface area contributed by atoms with E-state index in [0.717, 1.165) is 24.3 Å². The third-order valence-electron chi connectivity index (χ3n) is 3.41. The molecular weight excluding hydrogens is 379 g/mol. The molecular formula is C19H18F3NO5. The van der Waals surface area contributed by atoms with Crippen LogP contribution in [0.2, 0.25) is 0 Å². The second-order valence-corrected chi connectivity index (χ2v) is 5.57. The molecule has 1 N–H and O–H groups in total. The Morgan fingerprint density at radius 3 is 2.11 bits per heavy atom. The number of amides is 1. The topological polar surface area (TPSA) is 73.9 Å². The molecule has 150 valence electrons. The van der Waals surface area contributed by atoms with E-state index >= 15 is 0 Å². The number of carbonyl (C=O) groups excluding carboxylic acids is 2. The van der Waals surface area contributed by atoms with E-state index in [1.165, 1.54) is 6.92 Å². The molecule has 6 nitrogen and oxygen atoms in total. The van der Waals surface area contributed by atoms with Crippen LogP contribution in [0.15, 0.2) is 48.5 Å². The van der Waals surface area contributed by atoms with Crippen LogP contribution in [0.1, 0.15) is 24.2 Å². The molecule has 1 atom stereocenters. The van der Waals surface area contributed by atoms with Crippen molar-refractivity contribution < 1.29 is 37.0 Å². The molecule has 2 aromatic carbocycles. The summed E-state index contributed by atoms with van der Waals surface area (Å²) in [5, 5.41) is 2.59. The Bertz CT molecular complexity index is 804. The molecule has 0 aliphatic carbocycles. The number of benzene rings is 2. The van der Waals surface area contributed by atoms with Crippen LogP contribution in [-0.4, -0.2) is 30.9 Å². The van der Waals surface area contributed by atoms with Gasteiger partial charge in [0.1, 0.15) is 11.5 Å². The zero-order valence-corrected chi connectivity index (χ0v) is 15.1. The summed E-state index contributed by atoms with van der Waals surface area (Å²) < 4.78 is 50.5. The van der Waals surface area contributed by atoms with Gasteiger partial charge in [0.15, 0.2) is 6.10 Å². The van der Waals surface area contributed by atoms with E-state index in [0.29, 0.717) is 18.0 Å². The van der Waals surface area contributed by atoms with Crippen LogP contribution in [0.3, 0.4) is 0 Å². The maximum atomic E-state index is 12.1. The van der Waals surface area contributed by atoms with Crippen molar-refractivity contribution in [3.63, 3.8) is 0 Å². The summed E-state index contributed by atoms with van der Waals surface area (Å²) in [6.07, 6.45) is -5.94. The average Bonchev–Trinajstić information content (AvgIpc) is 2.62. The molecule has 0 unspecified atom stereocenters. The molecule has 0 saturated heterocycles. The average molecular weight is 397 g/mol. The highest BCUT2D eigenvalue weighted by molar-refractivity contribution is 5.97. The molecule has 0 aliphatic heterocycles. The lowest BCUT2D eigenvalue weighted by Crippen LogP contribution is -2.30. The molecule has 0 aliphatic rings. The number of hydrogen-bond donors (Lipinski definition) is 1. The number of anilines is 1. The quantitative estimate of drug-likeness (QED) is 0.710. The molecule has 2 rings (SSSR count). The van der Waals surface area contributed by atoms with Gasteiger partial charge in [0.25, 0.3) is 5.91 Å². The Morgan fingerprint density at radius 1 is 1.00 bits per heavy atom. The van der Waals surface area contributed by atoms with Gasteiger partial charge in [-0.25, -0.2) is 4.79 Å². The smallest absolute Gasteiger partial charge is 0.494 e. The first kappa shape index (κ1) is 21.1. The van der Waals surface area contributed by atoms with E-state index in [2.05, 4.69) is 10.1 Å². The van der Waals surface area contributed by atoms with Crippen molar-refractivity contribution in [3.8, 4) is 11.5 Å². The van der Waals surface area contributed by atoms with E-state index in [1.807, 2.05) is 6.92 Å². The number of esters is 1. The van der Waals surface area contributed by atoms with Crippen LogP contribution in [0, 0.1) is 0 Å². The highest BCUT2D eigenvalue weighted by Gasteiger charge is 2.31. The van der Waals surface area contributed by atoms with Crippen LogP contribution in [0.25, 0.3) is 0 Å². The number of carbonyl (C=O) groups is 2. The molecule has 1 amide bonds. The summed E-state index contributed by atoms with van der Waals surface area (Å²) in [6.45, 7) is 3.74. The lowest BCUT2D eigenvalue weighted by molar-refractivity contribution is -0.274. The summed E-state index contributed by atoms with van der Waals surface area (Å²) in [4.78, 5) is 24.2. The highest BCUT2D eigenvalue weighted by atomic mass is 19.4. The molecule has 0 spiro atoms. The van der Waals surface area contributed by atoms with Crippen molar-refractivity contribution in [2.24, 2.45) is 0 Å². The minimum atomic E-state index is -4.82. The fourth-order valence-corrected chi connectivity index (χ4v) is 2.12. The number of alkyl halides is 3. The predicted octanol–water partition coefficient (Wildman–Crippen LogP) is 4.17. The molecule has 0 radical (unpaired) electrons. The largest absolute Gasteiger partial charge is 0.573 e. The number of hydrogen-bond acceptors (Lipinski definition) is 5. The van der Waals surface area contributed by atoms with Gasteiger partial charge in [-0.1, -0.05) is 0 Å². The summed E-state index contributed by atoms with van der Waals surface area (Å²) in [6, 6.07) is 10.8. The third kappa shape index (κ3) is 6.49. The normalized spacial score (nSPS) is 12.0. The minimum absolute atomic E-state index is 0.0183. The van der Waals surface area contributed by atoms with Gasteiger partial charge in [0, 0.05) is 5.69 Å². The van der Waals surface area contributed by atoms with E-state index in [-0.39, 0.29) is 5.56 Å². The van der Waals surface area contributed by atoms with Gasteiger partial charge >= 0.3 is 12.3 Å². The van der Waals surface area contributed by atoms with Crippen molar-refractivity contribution in [1.29, 1.82) is 0 Å². The maximum absolute atomic E-state index is 12.1. The molecule has 2 aromatic rings. The van der Waals surface area contributed by atoms with Crippen LogP contribution in [-0.2, 0) is 9.53 Å². The minimum Gasteiger partial charge on any atom is -0.494 e. The van der Waals surface area contributed by atoms with Crippen molar-refractivity contribution >= 4 is 17.6 Å².